The highest BCUT2D eigenvalue weighted by Gasteiger charge is 2.44. The number of nitrogens with two attached hydrogens (primary N) is 1. The zero-order chi connectivity index (χ0) is 32.6. The fourth-order valence-corrected chi connectivity index (χ4v) is 6.15. The lowest BCUT2D eigenvalue weighted by atomic mass is 9.74. The number of unbranched alkanes of at least 4 members (excludes halogenated alkanes) is 22. The summed E-state index contributed by atoms with van der Waals surface area (Å²) in [5, 5.41) is 0. The van der Waals surface area contributed by atoms with Gasteiger partial charge in [-0.3, -0.25) is 9.59 Å². The van der Waals surface area contributed by atoms with Crippen LogP contribution >= 0.6 is 0 Å². The predicted molar refractivity (Wildman–Crippen MR) is 195 cm³/mol. The lowest BCUT2D eigenvalue weighted by Crippen LogP contribution is -2.59. The van der Waals surface area contributed by atoms with Crippen molar-refractivity contribution in [1.82, 2.24) is 0 Å². The summed E-state index contributed by atoms with van der Waals surface area (Å²) in [5.74, 6) is -0.154. The smallest absolute Gasteiger partial charge is 0.160 e. The zero-order valence-electron chi connectivity index (χ0n) is 30.3. The molecule has 0 aliphatic rings. The SMILES string of the molecule is CCCCCCCC/C=C\CCCCCCCC(=O)C(N)(C(=O)CCCCCCC/C=C\CCCCCCCC)C(C)CC. The Morgan fingerprint density at radius 1 is 0.477 bits per heavy atom. The predicted octanol–water partition coefficient (Wildman–Crippen LogP) is 12.9. The zero-order valence-corrected chi connectivity index (χ0v) is 30.3. The summed E-state index contributed by atoms with van der Waals surface area (Å²) in [7, 11) is 0. The third-order valence-corrected chi connectivity index (χ3v) is 9.64. The van der Waals surface area contributed by atoms with E-state index in [4.69, 9.17) is 5.73 Å². The molecule has 0 rings (SSSR count). The number of hydrogen-bond donors (Lipinski definition) is 1. The first-order chi connectivity index (χ1) is 21.4. The van der Waals surface area contributed by atoms with Crippen LogP contribution in [0.3, 0.4) is 0 Å². The summed E-state index contributed by atoms with van der Waals surface area (Å²) >= 11 is 0. The summed E-state index contributed by atoms with van der Waals surface area (Å²) in [4.78, 5) is 26.5. The molecule has 0 fully saturated rings. The summed E-state index contributed by atoms with van der Waals surface area (Å²) in [5.41, 5.74) is 5.35. The first kappa shape index (κ1) is 42.8. The van der Waals surface area contributed by atoms with Gasteiger partial charge in [0.25, 0.3) is 0 Å². The average molecular weight is 616 g/mol. The van der Waals surface area contributed by atoms with Gasteiger partial charge in [-0.25, -0.2) is 0 Å². The van der Waals surface area contributed by atoms with Crippen molar-refractivity contribution in [2.24, 2.45) is 11.7 Å². The Labute approximate surface area is 276 Å². The van der Waals surface area contributed by atoms with Gasteiger partial charge in [0.2, 0.25) is 0 Å². The van der Waals surface area contributed by atoms with Crippen molar-refractivity contribution in [1.29, 1.82) is 0 Å². The van der Waals surface area contributed by atoms with E-state index in [0.717, 1.165) is 44.9 Å². The van der Waals surface area contributed by atoms with Gasteiger partial charge < -0.3 is 5.73 Å². The van der Waals surface area contributed by atoms with Gasteiger partial charge in [0.15, 0.2) is 11.6 Å². The first-order valence-electron chi connectivity index (χ1n) is 19.6. The lowest BCUT2D eigenvalue weighted by Gasteiger charge is -2.32. The van der Waals surface area contributed by atoms with Crippen LogP contribution in [-0.2, 0) is 9.59 Å². The standard InChI is InChI=1S/C41H77NO2/c1-5-8-10-12-14-16-18-20-22-24-26-28-30-32-34-36-39(43)41(42,38(4)7-3)40(44)37-35-33-31-29-27-25-23-21-19-17-15-13-11-9-6-2/h20-23,38H,5-19,24-37,42H2,1-4H3/b22-20-,23-21-. The molecule has 0 radical (unpaired) electrons. The highest BCUT2D eigenvalue weighted by atomic mass is 16.2. The van der Waals surface area contributed by atoms with Crippen molar-refractivity contribution in [3.8, 4) is 0 Å². The number of allylic oxidation sites excluding steroid dienone is 4. The number of rotatable bonds is 34. The van der Waals surface area contributed by atoms with Crippen molar-refractivity contribution < 1.29 is 9.59 Å². The van der Waals surface area contributed by atoms with Gasteiger partial charge in [-0.15, -0.1) is 0 Å². The molecule has 3 heteroatoms. The number of Topliss-reactive ketones (excluding diaryl/α,β-unsaturated/α-hetero) is 2. The molecule has 0 aliphatic carbocycles. The second-order valence-corrected chi connectivity index (χ2v) is 13.7. The van der Waals surface area contributed by atoms with Crippen LogP contribution in [0.2, 0.25) is 0 Å². The maximum absolute atomic E-state index is 13.2. The Hall–Kier alpha value is -1.22. The minimum absolute atomic E-state index is 0.0257. The molecule has 1 atom stereocenters. The van der Waals surface area contributed by atoms with Gasteiger partial charge in [-0.05, 0) is 70.1 Å². The number of ketones is 2. The average Bonchev–Trinajstić information content (AvgIpc) is 3.03. The van der Waals surface area contributed by atoms with Gasteiger partial charge >= 0.3 is 0 Å². The van der Waals surface area contributed by atoms with E-state index in [9.17, 15) is 9.59 Å². The Morgan fingerprint density at radius 3 is 1.05 bits per heavy atom. The van der Waals surface area contributed by atoms with Crippen molar-refractivity contribution in [2.75, 3.05) is 0 Å². The number of carbonyl (C=O) groups excluding carboxylic acids is 2. The van der Waals surface area contributed by atoms with Crippen molar-refractivity contribution in [2.45, 2.75) is 219 Å². The van der Waals surface area contributed by atoms with Crippen LogP contribution in [0.15, 0.2) is 24.3 Å². The fourth-order valence-electron chi connectivity index (χ4n) is 6.15. The van der Waals surface area contributed by atoms with Crippen molar-refractivity contribution >= 4 is 11.6 Å². The molecule has 0 aromatic carbocycles. The molecule has 1 unspecified atom stereocenters. The largest absolute Gasteiger partial charge is 0.313 e. The molecule has 0 aromatic rings. The molecule has 0 saturated carbocycles. The van der Waals surface area contributed by atoms with E-state index in [1.165, 1.54) is 128 Å². The molecule has 0 aromatic heterocycles. The fraction of sp³-hybridized carbons (Fsp3) is 0.854. The minimum atomic E-state index is -1.30. The van der Waals surface area contributed by atoms with E-state index in [2.05, 4.69) is 38.2 Å². The first-order valence-corrected chi connectivity index (χ1v) is 19.6. The molecular weight excluding hydrogens is 538 g/mol. The molecule has 2 N–H and O–H groups in total. The van der Waals surface area contributed by atoms with Crippen LogP contribution in [0.1, 0.15) is 214 Å². The minimum Gasteiger partial charge on any atom is -0.313 e. The third kappa shape index (κ3) is 23.2. The van der Waals surface area contributed by atoms with E-state index in [0.29, 0.717) is 12.8 Å². The third-order valence-electron chi connectivity index (χ3n) is 9.64. The van der Waals surface area contributed by atoms with Gasteiger partial charge in [-0.1, -0.05) is 161 Å². The van der Waals surface area contributed by atoms with Crippen LogP contribution in [0, 0.1) is 5.92 Å². The highest BCUT2D eigenvalue weighted by molar-refractivity contribution is 6.11. The quantitative estimate of drug-likeness (QED) is 0.0445. The maximum atomic E-state index is 13.2. The molecule has 3 nitrogen and oxygen atoms in total. The molecular formula is C41H77NO2. The Kier molecular flexibility index (Phi) is 30.9. The Morgan fingerprint density at radius 2 is 0.750 bits per heavy atom. The summed E-state index contributed by atoms with van der Waals surface area (Å²) in [6.45, 7) is 8.56. The normalized spacial score (nSPS) is 12.9. The van der Waals surface area contributed by atoms with Gasteiger partial charge in [0.1, 0.15) is 5.54 Å². The van der Waals surface area contributed by atoms with Gasteiger partial charge in [0, 0.05) is 12.8 Å². The van der Waals surface area contributed by atoms with E-state index in [-0.39, 0.29) is 17.5 Å². The summed E-state index contributed by atoms with van der Waals surface area (Å²) in [6.07, 6.45) is 43.2. The summed E-state index contributed by atoms with van der Waals surface area (Å²) in [6, 6.07) is 0. The van der Waals surface area contributed by atoms with E-state index in [1.54, 1.807) is 0 Å². The van der Waals surface area contributed by atoms with Crippen LogP contribution < -0.4 is 5.73 Å². The van der Waals surface area contributed by atoms with E-state index < -0.39 is 5.54 Å². The second kappa shape index (κ2) is 31.7. The molecule has 0 heterocycles. The van der Waals surface area contributed by atoms with Gasteiger partial charge in [0.05, 0.1) is 0 Å². The van der Waals surface area contributed by atoms with Crippen LogP contribution in [0.25, 0.3) is 0 Å². The van der Waals surface area contributed by atoms with Crippen molar-refractivity contribution in [3.63, 3.8) is 0 Å². The second-order valence-electron chi connectivity index (χ2n) is 13.7. The number of carbonyl (C=O) groups is 2. The van der Waals surface area contributed by atoms with Crippen molar-refractivity contribution in [3.05, 3.63) is 24.3 Å². The highest BCUT2D eigenvalue weighted by Crippen LogP contribution is 2.26. The molecule has 0 amide bonds. The molecule has 44 heavy (non-hydrogen) atoms. The topological polar surface area (TPSA) is 60.2 Å². The van der Waals surface area contributed by atoms with E-state index in [1.807, 2.05) is 13.8 Å². The number of hydrogen-bond acceptors (Lipinski definition) is 3. The monoisotopic (exact) mass is 616 g/mol. The van der Waals surface area contributed by atoms with Crippen LogP contribution in [0.4, 0.5) is 0 Å². The van der Waals surface area contributed by atoms with Gasteiger partial charge in [-0.2, -0.15) is 0 Å². The molecule has 0 bridgehead atoms. The lowest BCUT2D eigenvalue weighted by molar-refractivity contribution is -0.137. The Balaban J connectivity index is 4.02. The van der Waals surface area contributed by atoms with Crippen LogP contribution in [-0.4, -0.2) is 17.1 Å². The van der Waals surface area contributed by atoms with Crippen LogP contribution in [0.5, 0.6) is 0 Å². The molecule has 0 aliphatic heterocycles. The van der Waals surface area contributed by atoms with E-state index >= 15 is 0 Å². The molecule has 0 saturated heterocycles. The Bertz CT molecular complexity index is 657. The molecule has 0 spiro atoms. The maximum Gasteiger partial charge on any atom is 0.160 e. The molecule has 258 valence electrons. The summed E-state index contributed by atoms with van der Waals surface area (Å²) < 4.78 is 0.